The SMILES string of the molecule is Cc1ccc([N+](=O)[O-])cc1NC(=O)C[NH2+][C@@H](C)c1ccc(Cl)cc1. The first kappa shape index (κ1) is 17.9. The predicted octanol–water partition coefficient (Wildman–Crippen LogP) is 2.82. The second-order valence-electron chi connectivity index (χ2n) is 5.58. The van der Waals surface area contributed by atoms with Gasteiger partial charge in [0, 0.05) is 22.7 Å². The number of nitro benzene ring substituents is 1. The number of carbonyl (C=O) groups is 1. The lowest BCUT2D eigenvalue weighted by Gasteiger charge is -2.12. The van der Waals surface area contributed by atoms with Gasteiger partial charge in [0.2, 0.25) is 0 Å². The number of nitrogens with one attached hydrogen (secondary N) is 1. The van der Waals surface area contributed by atoms with Gasteiger partial charge in [0.25, 0.3) is 11.6 Å². The summed E-state index contributed by atoms with van der Waals surface area (Å²) in [4.78, 5) is 22.4. The molecule has 0 aliphatic rings. The summed E-state index contributed by atoms with van der Waals surface area (Å²) in [6, 6.07) is 12.0. The highest BCUT2D eigenvalue weighted by molar-refractivity contribution is 6.30. The molecule has 2 aromatic rings. The van der Waals surface area contributed by atoms with Gasteiger partial charge in [-0.15, -0.1) is 0 Å². The molecule has 0 unspecified atom stereocenters. The minimum Gasteiger partial charge on any atom is -0.333 e. The Morgan fingerprint density at radius 2 is 1.96 bits per heavy atom. The maximum Gasteiger partial charge on any atom is 0.279 e. The Morgan fingerprint density at radius 3 is 2.58 bits per heavy atom. The molecule has 3 N–H and O–H groups in total. The van der Waals surface area contributed by atoms with E-state index in [0.717, 1.165) is 11.1 Å². The number of carbonyl (C=O) groups excluding carboxylic acids is 1. The maximum absolute atomic E-state index is 12.1. The van der Waals surface area contributed by atoms with Gasteiger partial charge in [-0.2, -0.15) is 0 Å². The maximum atomic E-state index is 12.1. The molecule has 0 bridgehead atoms. The van der Waals surface area contributed by atoms with Crippen molar-refractivity contribution in [3.8, 4) is 0 Å². The van der Waals surface area contributed by atoms with E-state index in [9.17, 15) is 14.9 Å². The molecule has 1 atom stereocenters. The van der Waals surface area contributed by atoms with Crippen LogP contribution in [0.3, 0.4) is 0 Å². The number of benzene rings is 2. The van der Waals surface area contributed by atoms with E-state index in [1.54, 1.807) is 13.0 Å². The van der Waals surface area contributed by atoms with Crippen molar-refractivity contribution >= 4 is 28.9 Å². The number of quaternary nitrogens is 1. The van der Waals surface area contributed by atoms with Gasteiger partial charge in [-0.3, -0.25) is 14.9 Å². The smallest absolute Gasteiger partial charge is 0.279 e. The summed E-state index contributed by atoms with van der Waals surface area (Å²) in [5, 5.41) is 16.1. The standard InChI is InChI=1S/C17H18ClN3O3/c1-11-3-8-15(21(23)24)9-16(11)20-17(22)10-19-12(2)13-4-6-14(18)7-5-13/h3-9,12,19H,10H2,1-2H3,(H,20,22)/p+1/t12-/m0/s1. The Morgan fingerprint density at radius 1 is 1.29 bits per heavy atom. The molecule has 0 radical (unpaired) electrons. The van der Waals surface area contributed by atoms with E-state index < -0.39 is 4.92 Å². The molecule has 0 aliphatic heterocycles. The van der Waals surface area contributed by atoms with Crippen LogP contribution in [0.15, 0.2) is 42.5 Å². The van der Waals surface area contributed by atoms with Crippen molar-refractivity contribution in [3.63, 3.8) is 0 Å². The topological polar surface area (TPSA) is 88.9 Å². The zero-order chi connectivity index (χ0) is 17.7. The number of hydrogen-bond acceptors (Lipinski definition) is 3. The molecule has 126 valence electrons. The molecule has 6 nitrogen and oxygen atoms in total. The van der Waals surface area contributed by atoms with Crippen LogP contribution in [0.4, 0.5) is 11.4 Å². The summed E-state index contributed by atoms with van der Waals surface area (Å²) < 4.78 is 0. The number of amides is 1. The third-order valence-electron chi connectivity index (χ3n) is 3.76. The lowest BCUT2D eigenvalue weighted by molar-refractivity contribution is -0.682. The van der Waals surface area contributed by atoms with Crippen LogP contribution in [0, 0.1) is 17.0 Å². The van der Waals surface area contributed by atoms with Gasteiger partial charge in [-0.1, -0.05) is 29.8 Å². The van der Waals surface area contributed by atoms with Crippen molar-refractivity contribution in [3.05, 3.63) is 68.7 Å². The number of hydrogen-bond donors (Lipinski definition) is 2. The van der Waals surface area contributed by atoms with E-state index in [2.05, 4.69) is 5.32 Å². The molecule has 0 fully saturated rings. The van der Waals surface area contributed by atoms with Crippen LogP contribution in [0.2, 0.25) is 5.02 Å². The van der Waals surface area contributed by atoms with E-state index in [1.165, 1.54) is 12.1 Å². The molecule has 2 aromatic carbocycles. The largest absolute Gasteiger partial charge is 0.333 e. The predicted molar refractivity (Wildman–Crippen MR) is 93.1 cm³/mol. The average Bonchev–Trinajstić information content (AvgIpc) is 2.55. The molecule has 0 heterocycles. The molecule has 0 saturated heterocycles. The molecule has 0 saturated carbocycles. The summed E-state index contributed by atoms with van der Waals surface area (Å²) in [5.41, 5.74) is 2.26. The zero-order valence-corrected chi connectivity index (χ0v) is 14.2. The Labute approximate surface area is 145 Å². The summed E-state index contributed by atoms with van der Waals surface area (Å²) in [5.74, 6) is -0.209. The Balaban J connectivity index is 1.95. The molecule has 2 rings (SSSR count). The molecular formula is C17H19ClN3O3+. The fourth-order valence-electron chi connectivity index (χ4n) is 2.25. The first-order chi connectivity index (χ1) is 11.4. The van der Waals surface area contributed by atoms with Gasteiger partial charge in [-0.05, 0) is 31.5 Å². The number of nitrogens with zero attached hydrogens (tertiary/aromatic N) is 1. The number of halogens is 1. The number of nitro groups is 1. The van der Waals surface area contributed by atoms with Crippen LogP contribution >= 0.6 is 11.6 Å². The second-order valence-corrected chi connectivity index (χ2v) is 6.02. The molecule has 0 aliphatic carbocycles. The fourth-order valence-corrected chi connectivity index (χ4v) is 2.37. The summed E-state index contributed by atoms with van der Waals surface area (Å²) >= 11 is 5.86. The van der Waals surface area contributed by atoms with Crippen molar-refractivity contribution in [1.29, 1.82) is 0 Å². The van der Waals surface area contributed by atoms with Crippen LogP contribution < -0.4 is 10.6 Å². The number of non-ortho nitro benzene ring substituents is 1. The minimum atomic E-state index is -0.482. The average molecular weight is 349 g/mol. The number of aryl methyl sites for hydroxylation is 1. The highest BCUT2D eigenvalue weighted by atomic mass is 35.5. The summed E-state index contributed by atoms with van der Waals surface area (Å²) in [6.45, 7) is 4.00. The number of nitrogens with two attached hydrogens (primary N) is 1. The first-order valence-electron chi connectivity index (χ1n) is 7.50. The van der Waals surface area contributed by atoms with E-state index in [-0.39, 0.29) is 24.2 Å². The minimum absolute atomic E-state index is 0.0468. The molecular weight excluding hydrogens is 330 g/mol. The van der Waals surface area contributed by atoms with E-state index >= 15 is 0 Å². The molecule has 0 spiro atoms. The van der Waals surface area contributed by atoms with Gasteiger partial charge in [0.05, 0.1) is 10.6 Å². The Hall–Kier alpha value is -2.44. The van der Waals surface area contributed by atoms with E-state index in [4.69, 9.17) is 11.6 Å². The van der Waals surface area contributed by atoms with Crippen molar-refractivity contribution in [2.24, 2.45) is 0 Å². The van der Waals surface area contributed by atoms with Crippen LogP contribution in [0.1, 0.15) is 24.1 Å². The summed E-state index contributed by atoms with van der Waals surface area (Å²) in [6.07, 6.45) is 0. The molecule has 0 aromatic heterocycles. The monoisotopic (exact) mass is 348 g/mol. The highest BCUT2D eigenvalue weighted by Gasteiger charge is 2.14. The van der Waals surface area contributed by atoms with Crippen molar-refractivity contribution in [2.75, 3.05) is 11.9 Å². The molecule has 7 heteroatoms. The van der Waals surface area contributed by atoms with E-state index in [1.807, 2.05) is 36.5 Å². The van der Waals surface area contributed by atoms with Crippen LogP contribution in [0.5, 0.6) is 0 Å². The molecule has 24 heavy (non-hydrogen) atoms. The van der Waals surface area contributed by atoms with Gasteiger partial charge in [0.15, 0.2) is 6.54 Å². The highest BCUT2D eigenvalue weighted by Crippen LogP contribution is 2.21. The van der Waals surface area contributed by atoms with Crippen molar-refractivity contribution in [2.45, 2.75) is 19.9 Å². The Kier molecular flexibility index (Phi) is 5.89. The first-order valence-corrected chi connectivity index (χ1v) is 7.88. The van der Waals surface area contributed by atoms with Crippen LogP contribution in [-0.4, -0.2) is 17.4 Å². The van der Waals surface area contributed by atoms with Crippen LogP contribution in [-0.2, 0) is 4.79 Å². The Bertz CT molecular complexity index is 747. The quantitative estimate of drug-likeness (QED) is 0.621. The number of anilines is 1. The third kappa shape index (κ3) is 4.78. The lowest BCUT2D eigenvalue weighted by Crippen LogP contribution is -2.86. The van der Waals surface area contributed by atoms with Gasteiger partial charge in [-0.25, -0.2) is 0 Å². The van der Waals surface area contributed by atoms with Gasteiger partial charge < -0.3 is 10.6 Å². The summed E-state index contributed by atoms with van der Waals surface area (Å²) in [7, 11) is 0. The van der Waals surface area contributed by atoms with Crippen LogP contribution in [0.25, 0.3) is 0 Å². The van der Waals surface area contributed by atoms with Crippen molar-refractivity contribution in [1.82, 2.24) is 0 Å². The van der Waals surface area contributed by atoms with E-state index in [0.29, 0.717) is 10.7 Å². The zero-order valence-electron chi connectivity index (χ0n) is 13.5. The second kappa shape index (κ2) is 7.90. The van der Waals surface area contributed by atoms with Gasteiger partial charge in [0.1, 0.15) is 6.04 Å². The third-order valence-corrected chi connectivity index (χ3v) is 4.01. The fraction of sp³-hybridized carbons (Fsp3) is 0.235. The molecule has 1 amide bonds. The van der Waals surface area contributed by atoms with Crippen molar-refractivity contribution < 1.29 is 15.0 Å². The number of rotatable bonds is 6. The van der Waals surface area contributed by atoms with Gasteiger partial charge >= 0.3 is 0 Å². The lowest BCUT2D eigenvalue weighted by atomic mass is 10.1. The normalized spacial score (nSPS) is 11.8.